The minimum atomic E-state index is 0. The maximum Gasteiger partial charge on any atom is 0.0727 e. The summed E-state index contributed by atoms with van der Waals surface area (Å²) in [6, 6.07) is 10.5. The number of nitrogens with two attached hydrogens (primary N) is 1. The van der Waals surface area contributed by atoms with Gasteiger partial charge in [0.05, 0.1) is 11.4 Å². The fourth-order valence-electron chi connectivity index (χ4n) is 2.11. The van der Waals surface area contributed by atoms with E-state index in [2.05, 4.69) is 39.1 Å². The van der Waals surface area contributed by atoms with Gasteiger partial charge in [-0.3, -0.25) is 14.9 Å². The van der Waals surface area contributed by atoms with E-state index in [9.17, 15) is 0 Å². The third-order valence-corrected chi connectivity index (χ3v) is 3.22. The lowest BCUT2D eigenvalue weighted by Crippen LogP contribution is -2.31. The van der Waals surface area contributed by atoms with Gasteiger partial charge < -0.3 is 5.73 Å². The SMILES string of the molecule is Cc1cnc(CN(CCN)CCc2ccccc2)cn1.Cl.Cl. The lowest BCUT2D eigenvalue weighted by Gasteiger charge is -2.21. The number of halogens is 2. The Hall–Kier alpha value is -1.20. The van der Waals surface area contributed by atoms with Gasteiger partial charge in [-0.25, -0.2) is 0 Å². The van der Waals surface area contributed by atoms with Crippen molar-refractivity contribution in [2.75, 3.05) is 19.6 Å². The monoisotopic (exact) mass is 342 g/mol. The van der Waals surface area contributed by atoms with E-state index in [1.807, 2.05) is 25.4 Å². The molecule has 0 aliphatic carbocycles. The second-order valence-corrected chi connectivity index (χ2v) is 4.95. The Morgan fingerprint density at radius 1 is 1.00 bits per heavy atom. The second-order valence-electron chi connectivity index (χ2n) is 4.95. The Kier molecular flexibility index (Phi) is 10.8. The van der Waals surface area contributed by atoms with Crippen LogP contribution in [0.2, 0.25) is 0 Å². The van der Waals surface area contributed by atoms with Gasteiger partial charge >= 0.3 is 0 Å². The molecule has 2 rings (SSSR count). The lowest BCUT2D eigenvalue weighted by atomic mass is 10.1. The summed E-state index contributed by atoms with van der Waals surface area (Å²) in [6.07, 6.45) is 4.69. The molecule has 6 heteroatoms. The van der Waals surface area contributed by atoms with Gasteiger partial charge in [-0.05, 0) is 18.9 Å². The van der Waals surface area contributed by atoms with Crippen LogP contribution in [0.3, 0.4) is 0 Å². The summed E-state index contributed by atoms with van der Waals surface area (Å²) in [5, 5.41) is 0. The highest BCUT2D eigenvalue weighted by atomic mass is 35.5. The molecule has 0 saturated carbocycles. The van der Waals surface area contributed by atoms with E-state index < -0.39 is 0 Å². The van der Waals surface area contributed by atoms with E-state index in [1.54, 1.807) is 0 Å². The molecule has 0 saturated heterocycles. The normalized spacial score (nSPS) is 9.95. The molecular weight excluding hydrogens is 319 g/mol. The Balaban J connectivity index is 0.00000220. The minimum absolute atomic E-state index is 0. The third kappa shape index (κ3) is 7.18. The van der Waals surface area contributed by atoms with Crippen molar-refractivity contribution in [2.24, 2.45) is 5.73 Å². The van der Waals surface area contributed by atoms with E-state index in [-0.39, 0.29) is 24.8 Å². The van der Waals surface area contributed by atoms with Crippen LogP contribution in [0.4, 0.5) is 0 Å². The molecule has 2 N–H and O–H groups in total. The summed E-state index contributed by atoms with van der Waals surface area (Å²) in [5.41, 5.74) is 8.99. The van der Waals surface area contributed by atoms with Crippen molar-refractivity contribution in [1.29, 1.82) is 0 Å². The molecule has 1 heterocycles. The standard InChI is InChI=1S/C16H22N4.2ClH/c1-14-11-19-16(12-18-14)13-20(10-8-17)9-7-15-5-3-2-4-6-15;;/h2-6,11-12H,7-10,13,17H2,1H3;2*1H. The molecule has 22 heavy (non-hydrogen) atoms. The van der Waals surface area contributed by atoms with E-state index in [1.165, 1.54) is 5.56 Å². The Morgan fingerprint density at radius 2 is 1.73 bits per heavy atom. The van der Waals surface area contributed by atoms with Gasteiger partial charge in [-0.15, -0.1) is 24.8 Å². The van der Waals surface area contributed by atoms with Gasteiger partial charge in [0.15, 0.2) is 0 Å². The van der Waals surface area contributed by atoms with Gasteiger partial charge in [-0.1, -0.05) is 30.3 Å². The molecule has 0 atom stereocenters. The van der Waals surface area contributed by atoms with Crippen molar-refractivity contribution in [3.63, 3.8) is 0 Å². The highest BCUT2D eigenvalue weighted by molar-refractivity contribution is 5.85. The van der Waals surface area contributed by atoms with Crippen LogP contribution >= 0.6 is 24.8 Å². The fourth-order valence-corrected chi connectivity index (χ4v) is 2.11. The largest absolute Gasteiger partial charge is 0.329 e. The van der Waals surface area contributed by atoms with Crippen molar-refractivity contribution in [2.45, 2.75) is 19.9 Å². The zero-order valence-corrected chi connectivity index (χ0v) is 14.4. The van der Waals surface area contributed by atoms with Gasteiger partial charge in [0.25, 0.3) is 0 Å². The molecule has 0 radical (unpaired) electrons. The number of hydrogen-bond acceptors (Lipinski definition) is 4. The molecule has 0 amide bonds. The van der Waals surface area contributed by atoms with Crippen LogP contribution in [0.15, 0.2) is 42.7 Å². The first-order valence-corrected chi connectivity index (χ1v) is 7.02. The first kappa shape index (κ1) is 20.8. The average molecular weight is 343 g/mol. The fraction of sp³-hybridized carbons (Fsp3) is 0.375. The molecule has 0 unspecified atom stereocenters. The first-order valence-electron chi connectivity index (χ1n) is 7.02. The highest BCUT2D eigenvalue weighted by Gasteiger charge is 2.06. The smallest absolute Gasteiger partial charge is 0.0727 e. The summed E-state index contributed by atoms with van der Waals surface area (Å²) in [7, 11) is 0. The maximum absolute atomic E-state index is 5.70. The van der Waals surface area contributed by atoms with Crippen LogP contribution in [0.1, 0.15) is 17.0 Å². The van der Waals surface area contributed by atoms with Crippen molar-refractivity contribution in [1.82, 2.24) is 14.9 Å². The molecule has 122 valence electrons. The van der Waals surface area contributed by atoms with Gasteiger partial charge in [0.2, 0.25) is 0 Å². The highest BCUT2D eigenvalue weighted by Crippen LogP contribution is 2.05. The van der Waals surface area contributed by atoms with E-state index in [0.29, 0.717) is 6.54 Å². The number of aryl methyl sites for hydroxylation is 1. The Bertz CT molecular complexity index is 505. The average Bonchev–Trinajstić information content (AvgIpc) is 2.48. The van der Waals surface area contributed by atoms with Crippen molar-refractivity contribution >= 4 is 24.8 Å². The number of nitrogens with zero attached hydrogens (tertiary/aromatic N) is 3. The molecule has 2 aromatic rings. The summed E-state index contributed by atoms with van der Waals surface area (Å²) in [4.78, 5) is 11.0. The molecule has 1 aromatic carbocycles. The van der Waals surface area contributed by atoms with E-state index in [0.717, 1.165) is 37.4 Å². The number of hydrogen-bond donors (Lipinski definition) is 1. The quantitative estimate of drug-likeness (QED) is 0.840. The van der Waals surface area contributed by atoms with Crippen LogP contribution in [0.25, 0.3) is 0 Å². The van der Waals surface area contributed by atoms with Gasteiger partial charge in [-0.2, -0.15) is 0 Å². The van der Waals surface area contributed by atoms with E-state index >= 15 is 0 Å². The molecule has 0 spiro atoms. The predicted octanol–water partition coefficient (Wildman–Crippen LogP) is 2.63. The van der Waals surface area contributed by atoms with Gasteiger partial charge in [0.1, 0.15) is 0 Å². The molecule has 1 aromatic heterocycles. The van der Waals surface area contributed by atoms with Crippen LogP contribution < -0.4 is 5.73 Å². The topological polar surface area (TPSA) is 55.0 Å². The van der Waals surface area contributed by atoms with Crippen molar-refractivity contribution < 1.29 is 0 Å². The molecule has 0 aliphatic rings. The number of rotatable bonds is 7. The van der Waals surface area contributed by atoms with Crippen LogP contribution in [-0.4, -0.2) is 34.5 Å². The third-order valence-electron chi connectivity index (χ3n) is 3.22. The summed E-state index contributed by atoms with van der Waals surface area (Å²) in [5.74, 6) is 0. The Morgan fingerprint density at radius 3 is 2.32 bits per heavy atom. The zero-order valence-electron chi connectivity index (χ0n) is 12.8. The van der Waals surface area contributed by atoms with Crippen LogP contribution in [0.5, 0.6) is 0 Å². The van der Waals surface area contributed by atoms with Crippen LogP contribution in [-0.2, 0) is 13.0 Å². The molecule has 0 fully saturated rings. The predicted molar refractivity (Wildman–Crippen MR) is 95.7 cm³/mol. The molecular formula is C16H24Cl2N4. The van der Waals surface area contributed by atoms with E-state index in [4.69, 9.17) is 5.73 Å². The molecule has 0 aliphatic heterocycles. The lowest BCUT2D eigenvalue weighted by molar-refractivity contribution is 0.273. The van der Waals surface area contributed by atoms with Crippen molar-refractivity contribution in [3.8, 4) is 0 Å². The number of aromatic nitrogens is 2. The number of benzene rings is 1. The van der Waals surface area contributed by atoms with Gasteiger partial charge in [0, 0.05) is 38.6 Å². The Labute approximate surface area is 145 Å². The zero-order chi connectivity index (χ0) is 14.2. The molecule has 4 nitrogen and oxygen atoms in total. The maximum atomic E-state index is 5.70. The minimum Gasteiger partial charge on any atom is -0.329 e. The van der Waals surface area contributed by atoms with Crippen LogP contribution in [0, 0.1) is 6.92 Å². The first-order chi connectivity index (χ1) is 9.78. The molecule has 0 bridgehead atoms. The summed E-state index contributed by atoms with van der Waals surface area (Å²) in [6.45, 7) is 5.27. The second kappa shape index (κ2) is 11.4. The van der Waals surface area contributed by atoms with Crippen molar-refractivity contribution in [3.05, 3.63) is 59.7 Å². The summed E-state index contributed by atoms with van der Waals surface area (Å²) < 4.78 is 0. The summed E-state index contributed by atoms with van der Waals surface area (Å²) >= 11 is 0.